The number of rotatable bonds is 8. The molecule has 0 radical (unpaired) electrons. The van der Waals surface area contributed by atoms with Gasteiger partial charge in [-0.3, -0.25) is 0 Å². The topological polar surface area (TPSA) is 76.0 Å². The van der Waals surface area contributed by atoms with E-state index in [0.29, 0.717) is 34.5 Å². The summed E-state index contributed by atoms with van der Waals surface area (Å²) in [5, 5.41) is 3.83. The number of piperidine rings is 1. The van der Waals surface area contributed by atoms with Crippen LogP contribution in [0.2, 0.25) is 0 Å². The lowest BCUT2D eigenvalue weighted by Gasteiger charge is -2.50. The molecule has 1 aromatic heterocycles. The minimum Gasteiger partial charge on any atom is -0.495 e. The Morgan fingerprint density at radius 3 is 2.43 bits per heavy atom. The lowest BCUT2D eigenvalue weighted by Crippen LogP contribution is -2.54. The van der Waals surface area contributed by atoms with Gasteiger partial charge in [-0.2, -0.15) is 13.2 Å². The Labute approximate surface area is 275 Å². The number of sulfone groups is 1. The van der Waals surface area contributed by atoms with E-state index < -0.39 is 22.6 Å². The van der Waals surface area contributed by atoms with E-state index in [9.17, 15) is 21.6 Å². The molecule has 3 fully saturated rings. The Hall–Kier alpha value is -3.40. The third kappa shape index (κ3) is 7.37. The largest absolute Gasteiger partial charge is 0.495 e. The summed E-state index contributed by atoms with van der Waals surface area (Å²) < 4.78 is 77.2. The molecule has 3 heterocycles. The summed E-state index contributed by atoms with van der Waals surface area (Å²) in [6.45, 7) is 3.08. The molecule has 0 atom stereocenters. The van der Waals surface area contributed by atoms with E-state index in [1.165, 1.54) is 36.7 Å². The first kappa shape index (κ1) is 33.5. The van der Waals surface area contributed by atoms with Crippen LogP contribution in [-0.2, 0) is 21.1 Å². The number of nitrogens with zero attached hydrogens (tertiary/aromatic N) is 3. The zero-order valence-corrected chi connectivity index (χ0v) is 28.0. The zero-order valence-electron chi connectivity index (χ0n) is 27.2. The van der Waals surface area contributed by atoms with E-state index in [1.807, 2.05) is 12.1 Å². The van der Waals surface area contributed by atoms with Gasteiger partial charge in [0.05, 0.1) is 48.7 Å². The normalized spacial score (nSPS) is 21.6. The third-order valence-electron chi connectivity index (χ3n) is 10.2. The highest BCUT2D eigenvalue weighted by Crippen LogP contribution is 2.41. The Morgan fingerprint density at radius 2 is 1.81 bits per heavy atom. The van der Waals surface area contributed by atoms with Crippen LogP contribution >= 0.6 is 0 Å². The van der Waals surface area contributed by atoms with E-state index >= 15 is 0 Å². The lowest BCUT2D eigenvalue weighted by molar-refractivity contribution is -0.143. The van der Waals surface area contributed by atoms with Gasteiger partial charge in [0.15, 0.2) is 9.84 Å². The van der Waals surface area contributed by atoms with Gasteiger partial charge in [-0.25, -0.2) is 8.42 Å². The number of anilines is 2. The molecule has 1 aliphatic carbocycles. The Kier molecular flexibility index (Phi) is 9.44. The van der Waals surface area contributed by atoms with Crippen LogP contribution in [0.1, 0.15) is 44.2 Å². The first-order valence-corrected chi connectivity index (χ1v) is 18.1. The minimum absolute atomic E-state index is 0.115. The molecule has 1 spiro atoms. The molecular formula is C35H43F3N4O4S. The Bertz CT molecular complexity index is 1760. The summed E-state index contributed by atoms with van der Waals surface area (Å²) >= 11 is 0. The molecule has 0 bridgehead atoms. The lowest BCUT2D eigenvalue weighted by atomic mass is 9.76. The molecule has 254 valence electrons. The number of hydrogen-bond donors (Lipinski definition) is 1. The van der Waals surface area contributed by atoms with Crippen molar-refractivity contribution in [2.75, 3.05) is 63.5 Å². The molecule has 1 N–H and O–H groups in total. The van der Waals surface area contributed by atoms with Gasteiger partial charge in [-0.05, 0) is 87.9 Å². The van der Waals surface area contributed by atoms with Crippen LogP contribution in [0.15, 0.2) is 47.4 Å². The zero-order chi connectivity index (χ0) is 33.4. The number of fused-ring (bicyclic) bond motifs is 1. The first-order chi connectivity index (χ1) is 22.4. The number of alkyl halides is 3. The van der Waals surface area contributed by atoms with Gasteiger partial charge >= 0.3 is 6.18 Å². The maximum atomic E-state index is 13.8. The summed E-state index contributed by atoms with van der Waals surface area (Å²) in [6.07, 6.45) is 3.45. The van der Waals surface area contributed by atoms with Crippen molar-refractivity contribution >= 4 is 32.1 Å². The molecule has 12 heteroatoms. The average Bonchev–Trinajstić information content (AvgIpc) is 3.37. The Balaban J connectivity index is 1.17. The van der Waals surface area contributed by atoms with E-state index in [4.69, 9.17) is 9.47 Å². The smallest absolute Gasteiger partial charge is 0.406 e. The SMILES string of the molecule is COc1cc(S(C)(=O)=O)ccc1NCC#Cc1cc2c(N(C)C3CCC(N4CCC5(CC4)COC5)CC3)cccc2n1CC(F)(F)F. The monoisotopic (exact) mass is 672 g/mol. The summed E-state index contributed by atoms with van der Waals surface area (Å²) in [5.74, 6) is 6.23. The second kappa shape index (κ2) is 13.2. The molecule has 8 nitrogen and oxygen atoms in total. The maximum absolute atomic E-state index is 13.8. The Morgan fingerprint density at radius 1 is 1.09 bits per heavy atom. The fraction of sp³-hybridized carbons (Fsp3) is 0.543. The van der Waals surface area contributed by atoms with Crippen molar-refractivity contribution in [1.29, 1.82) is 0 Å². The number of benzene rings is 2. The van der Waals surface area contributed by atoms with Crippen molar-refractivity contribution in [3.8, 4) is 17.6 Å². The molecule has 0 unspecified atom stereocenters. The fourth-order valence-corrected chi connectivity index (χ4v) is 8.04. The minimum atomic E-state index is -4.42. The molecule has 2 aliphatic heterocycles. The molecule has 47 heavy (non-hydrogen) atoms. The predicted octanol–water partition coefficient (Wildman–Crippen LogP) is 5.94. The van der Waals surface area contributed by atoms with Crippen LogP contribution < -0.4 is 15.0 Å². The molecule has 3 aliphatic rings. The standard InChI is InChI=1S/C35H43F3N4O4S/c1-40(25-9-11-26(12-10-25)41-18-15-34(16-19-41)23-46-24-34)31-7-4-8-32-29(31)20-27(42(32)22-35(36,37)38)6-5-17-39-30-14-13-28(47(3,43)44)21-33(30)45-2/h4,7-8,13-14,20-21,25-26,39H,9-12,15-19,22-24H2,1-3H3. The maximum Gasteiger partial charge on any atom is 0.406 e. The number of nitrogens with one attached hydrogen (secondary N) is 1. The first-order valence-electron chi connectivity index (χ1n) is 16.2. The van der Waals surface area contributed by atoms with Crippen LogP contribution in [0.5, 0.6) is 5.75 Å². The van der Waals surface area contributed by atoms with Crippen molar-refractivity contribution < 1.29 is 31.1 Å². The van der Waals surface area contributed by atoms with Gasteiger partial charge in [0.2, 0.25) is 0 Å². The summed E-state index contributed by atoms with van der Waals surface area (Å²) in [7, 11) is 0.0761. The molecular weight excluding hydrogens is 629 g/mol. The average molecular weight is 673 g/mol. The van der Waals surface area contributed by atoms with Crippen LogP contribution in [0.3, 0.4) is 0 Å². The second-order valence-electron chi connectivity index (χ2n) is 13.3. The van der Waals surface area contributed by atoms with Crippen molar-refractivity contribution in [2.45, 2.75) is 68.2 Å². The molecule has 6 rings (SSSR count). The molecule has 3 aromatic rings. The van der Waals surface area contributed by atoms with Gasteiger partial charge in [0, 0.05) is 47.9 Å². The molecule has 2 aromatic carbocycles. The number of halogens is 3. The van der Waals surface area contributed by atoms with E-state index in [1.54, 1.807) is 18.2 Å². The fourth-order valence-electron chi connectivity index (χ4n) is 7.40. The quantitative estimate of drug-likeness (QED) is 0.297. The number of methoxy groups -OCH3 is 1. The molecule has 1 saturated carbocycles. The number of likely N-dealkylation sites (tertiary alicyclic amines) is 1. The van der Waals surface area contributed by atoms with Crippen LogP contribution in [0, 0.1) is 17.3 Å². The van der Waals surface area contributed by atoms with Crippen molar-refractivity contribution in [3.63, 3.8) is 0 Å². The predicted molar refractivity (Wildman–Crippen MR) is 178 cm³/mol. The highest BCUT2D eigenvalue weighted by molar-refractivity contribution is 7.90. The summed E-state index contributed by atoms with van der Waals surface area (Å²) in [6, 6.07) is 12.7. The van der Waals surface area contributed by atoms with E-state index in [0.717, 1.165) is 69.3 Å². The number of aromatic nitrogens is 1. The van der Waals surface area contributed by atoms with Crippen molar-refractivity contribution in [1.82, 2.24) is 9.47 Å². The van der Waals surface area contributed by atoms with E-state index in [2.05, 4.69) is 34.0 Å². The van der Waals surface area contributed by atoms with Crippen molar-refractivity contribution in [3.05, 3.63) is 48.2 Å². The second-order valence-corrected chi connectivity index (χ2v) is 15.3. The molecule has 0 amide bonds. The van der Waals surface area contributed by atoms with Crippen molar-refractivity contribution in [2.24, 2.45) is 5.41 Å². The van der Waals surface area contributed by atoms with Crippen LogP contribution in [0.25, 0.3) is 10.9 Å². The van der Waals surface area contributed by atoms with Gasteiger partial charge in [0.25, 0.3) is 0 Å². The third-order valence-corrected chi connectivity index (χ3v) is 11.3. The number of hydrogen-bond acceptors (Lipinski definition) is 7. The van der Waals surface area contributed by atoms with Gasteiger partial charge < -0.3 is 29.2 Å². The molecule has 2 saturated heterocycles. The van der Waals surface area contributed by atoms with E-state index in [-0.39, 0.29) is 17.1 Å². The summed E-state index contributed by atoms with van der Waals surface area (Å²) in [5.41, 5.74) is 2.64. The number of ether oxygens (including phenoxy) is 2. The summed E-state index contributed by atoms with van der Waals surface area (Å²) in [4.78, 5) is 5.03. The van der Waals surface area contributed by atoms with Gasteiger partial charge in [-0.15, -0.1) is 0 Å². The highest BCUT2D eigenvalue weighted by Gasteiger charge is 2.42. The van der Waals surface area contributed by atoms with Gasteiger partial charge in [-0.1, -0.05) is 12.0 Å². The van der Waals surface area contributed by atoms with Crippen LogP contribution in [-0.4, -0.2) is 89.4 Å². The van der Waals surface area contributed by atoms with Gasteiger partial charge in [0.1, 0.15) is 12.3 Å². The van der Waals surface area contributed by atoms with Crippen LogP contribution in [0.4, 0.5) is 24.5 Å². The highest BCUT2D eigenvalue weighted by atomic mass is 32.2.